The Morgan fingerprint density at radius 1 is 1.17 bits per heavy atom. The Bertz CT molecular complexity index is 726. The maximum atomic E-state index is 12.1. The number of non-ortho nitro benzene ring substituents is 1. The van der Waals surface area contributed by atoms with Gasteiger partial charge in [0, 0.05) is 18.6 Å². The first-order valence-corrected chi connectivity index (χ1v) is 7.73. The lowest BCUT2D eigenvalue weighted by Crippen LogP contribution is -2.13. The summed E-state index contributed by atoms with van der Waals surface area (Å²) in [6.07, 6.45) is 1.87. The molecule has 6 heteroatoms. The summed E-state index contributed by atoms with van der Waals surface area (Å²) >= 11 is 0. The largest absolute Gasteiger partial charge is 0.495 e. The third-order valence-electron chi connectivity index (χ3n) is 3.74. The number of benzene rings is 2. The van der Waals surface area contributed by atoms with Gasteiger partial charge in [-0.15, -0.1) is 0 Å². The molecule has 126 valence electrons. The quantitative estimate of drug-likeness (QED) is 0.620. The number of nitrogens with one attached hydrogen (secondary N) is 1. The molecule has 0 aromatic heterocycles. The fourth-order valence-electron chi connectivity index (χ4n) is 2.32. The molecule has 0 aliphatic rings. The van der Waals surface area contributed by atoms with Gasteiger partial charge >= 0.3 is 0 Å². The van der Waals surface area contributed by atoms with Gasteiger partial charge in [0.15, 0.2) is 0 Å². The van der Waals surface area contributed by atoms with E-state index in [4.69, 9.17) is 4.74 Å². The SMILES string of the molecule is CCc1ccc(CCC(=O)Nc2cc([N+](=O)[O-])ccc2OC)cc1. The number of hydrogen-bond acceptors (Lipinski definition) is 4. The highest BCUT2D eigenvalue weighted by molar-refractivity contribution is 5.92. The molecular formula is C18H20N2O4. The molecular weight excluding hydrogens is 308 g/mol. The number of carbonyl (C=O) groups excluding carboxylic acids is 1. The number of aryl methyl sites for hydroxylation is 2. The van der Waals surface area contributed by atoms with E-state index in [0.29, 0.717) is 17.9 Å². The van der Waals surface area contributed by atoms with E-state index in [2.05, 4.69) is 24.4 Å². The van der Waals surface area contributed by atoms with Gasteiger partial charge in [0.1, 0.15) is 5.75 Å². The molecule has 1 amide bonds. The Morgan fingerprint density at radius 3 is 2.42 bits per heavy atom. The molecule has 0 atom stereocenters. The van der Waals surface area contributed by atoms with Crippen molar-refractivity contribution >= 4 is 17.3 Å². The normalized spacial score (nSPS) is 10.2. The van der Waals surface area contributed by atoms with Crippen LogP contribution in [0.4, 0.5) is 11.4 Å². The van der Waals surface area contributed by atoms with Gasteiger partial charge in [0.05, 0.1) is 17.7 Å². The lowest BCUT2D eigenvalue weighted by atomic mass is 10.1. The van der Waals surface area contributed by atoms with Gasteiger partial charge in [-0.25, -0.2) is 0 Å². The number of amides is 1. The topological polar surface area (TPSA) is 81.5 Å². The minimum atomic E-state index is -0.510. The number of nitro benzene ring substituents is 1. The van der Waals surface area contributed by atoms with Crippen molar-refractivity contribution in [2.24, 2.45) is 0 Å². The summed E-state index contributed by atoms with van der Waals surface area (Å²) < 4.78 is 5.13. The van der Waals surface area contributed by atoms with Crippen LogP contribution in [0.25, 0.3) is 0 Å². The first kappa shape index (κ1) is 17.5. The van der Waals surface area contributed by atoms with E-state index in [1.165, 1.54) is 30.9 Å². The molecule has 2 aromatic rings. The van der Waals surface area contributed by atoms with Crippen LogP contribution in [0.5, 0.6) is 5.75 Å². The molecule has 1 N–H and O–H groups in total. The summed E-state index contributed by atoms with van der Waals surface area (Å²) in [7, 11) is 1.45. The van der Waals surface area contributed by atoms with Crippen molar-refractivity contribution in [2.75, 3.05) is 12.4 Å². The Morgan fingerprint density at radius 2 is 1.83 bits per heavy atom. The first-order valence-electron chi connectivity index (χ1n) is 7.73. The second kappa shape index (κ2) is 8.10. The number of nitro groups is 1. The van der Waals surface area contributed by atoms with Gasteiger partial charge in [-0.2, -0.15) is 0 Å². The van der Waals surface area contributed by atoms with Crippen LogP contribution in [0.2, 0.25) is 0 Å². The van der Waals surface area contributed by atoms with Crippen molar-refractivity contribution in [3.8, 4) is 5.75 Å². The summed E-state index contributed by atoms with van der Waals surface area (Å²) in [5.41, 5.74) is 2.54. The number of ether oxygens (including phenoxy) is 1. The second-order valence-electron chi connectivity index (χ2n) is 5.36. The van der Waals surface area contributed by atoms with Gasteiger partial charge < -0.3 is 10.1 Å². The van der Waals surface area contributed by atoms with Crippen molar-refractivity contribution in [3.63, 3.8) is 0 Å². The zero-order valence-electron chi connectivity index (χ0n) is 13.7. The van der Waals surface area contributed by atoms with Gasteiger partial charge in [-0.1, -0.05) is 31.2 Å². The van der Waals surface area contributed by atoms with Gasteiger partial charge in [-0.3, -0.25) is 14.9 Å². The van der Waals surface area contributed by atoms with E-state index in [1.807, 2.05) is 12.1 Å². The van der Waals surface area contributed by atoms with Gasteiger partial charge in [0.2, 0.25) is 5.91 Å². The summed E-state index contributed by atoms with van der Waals surface area (Å²) in [4.78, 5) is 22.5. The minimum absolute atomic E-state index is 0.0961. The minimum Gasteiger partial charge on any atom is -0.495 e. The van der Waals surface area contributed by atoms with Crippen LogP contribution in [-0.4, -0.2) is 17.9 Å². The highest BCUT2D eigenvalue weighted by Crippen LogP contribution is 2.29. The molecule has 0 bridgehead atoms. The van der Waals surface area contributed by atoms with Crippen molar-refractivity contribution in [1.82, 2.24) is 0 Å². The highest BCUT2D eigenvalue weighted by atomic mass is 16.6. The number of carbonyl (C=O) groups is 1. The molecule has 0 heterocycles. The molecule has 24 heavy (non-hydrogen) atoms. The lowest BCUT2D eigenvalue weighted by Gasteiger charge is -2.10. The standard InChI is InChI=1S/C18H20N2O4/c1-3-13-4-6-14(7-5-13)8-11-18(21)19-16-12-15(20(22)23)9-10-17(16)24-2/h4-7,9-10,12H,3,8,11H2,1-2H3,(H,19,21). The van der Waals surface area contributed by atoms with Crippen molar-refractivity contribution < 1.29 is 14.5 Å². The molecule has 0 spiro atoms. The molecule has 0 aliphatic heterocycles. The zero-order valence-corrected chi connectivity index (χ0v) is 13.7. The monoisotopic (exact) mass is 328 g/mol. The smallest absolute Gasteiger partial charge is 0.271 e. The summed E-state index contributed by atoms with van der Waals surface area (Å²) in [5, 5.41) is 13.5. The fourth-order valence-corrected chi connectivity index (χ4v) is 2.32. The molecule has 0 unspecified atom stereocenters. The molecule has 0 fully saturated rings. The molecule has 0 radical (unpaired) electrons. The lowest BCUT2D eigenvalue weighted by molar-refractivity contribution is -0.384. The average Bonchev–Trinajstić information content (AvgIpc) is 2.60. The van der Waals surface area contributed by atoms with E-state index >= 15 is 0 Å². The van der Waals surface area contributed by atoms with Crippen molar-refractivity contribution in [1.29, 1.82) is 0 Å². The molecule has 0 saturated carbocycles. The highest BCUT2D eigenvalue weighted by Gasteiger charge is 2.13. The van der Waals surface area contributed by atoms with E-state index in [1.54, 1.807) is 0 Å². The van der Waals surface area contributed by atoms with E-state index in [9.17, 15) is 14.9 Å². The average molecular weight is 328 g/mol. The van der Waals surface area contributed by atoms with Gasteiger partial charge in [-0.05, 0) is 30.0 Å². The predicted molar refractivity (Wildman–Crippen MR) is 92.4 cm³/mol. The second-order valence-corrected chi connectivity index (χ2v) is 5.36. The molecule has 0 aliphatic carbocycles. The van der Waals surface area contributed by atoms with Crippen molar-refractivity contribution in [3.05, 3.63) is 63.7 Å². The Balaban J connectivity index is 2.00. The third kappa shape index (κ3) is 4.55. The zero-order chi connectivity index (χ0) is 17.5. The van der Waals surface area contributed by atoms with Crippen LogP contribution < -0.4 is 10.1 Å². The number of hydrogen-bond donors (Lipinski definition) is 1. The summed E-state index contributed by atoms with van der Waals surface area (Å²) in [6.45, 7) is 2.09. The first-order chi connectivity index (χ1) is 11.5. The van der Waals surface area contributed by atoms with Crippen LogP contribution >= 0.6 is 0 Å². The van der Waals surface area contributed by atoms with E-state index < -0.39 is 4.92 Å². The van der Waals surface area contributed by atoms with Crippen LogP contribution in [-0.2, 0) is 17.6 Å². The van der Waals surface area contributed by atoms with Crippen LogP contribution in [0.3, 0.4) is 0 Å². The van der Waals surface area contributed by atoms with Crippen molar-refractivity contribution in [2.45, 2.75) is 26.2 Å². The van der Waals surface area contributed by atoms with Crippen LogP contribution in [0.1, 0.15) is 24.5 Å². The van der Waals surface area contributed by atoms with Gasteiger partial charge in [0.25, 0.3) is 5.69 Å². The number of nitrogens with zero attached hydrogens (tertiary/aromatic N) is 1. The third-order valence-corrected chi connectivity index (χ3v) is 3.74. The fraction of sp³-hybridized carbons (Fsp3) is 0.278. The predicted octanol–water partition coefficient (Wildman–Crippen LogP) is 3.74. The Labute approximate surface area is 140 Å². The summed E-state index contributed by atoms with van der Waals surface area (Å²) in [6, 6.07) is 12.2. The molecule has 2 rings (SSSR count). The molecule has 2 aromatic carbocycles. The van der Waals surface area contributed by atoms with Crippen LogP contribution in [0, 0.1) is 10.1 Å². The van der Waals surface area contributed by atoms with E-state index in [0.717, 1.165) is 12.0 Å². The maximum absolute atomic E-state index is 12.1. The Kier molecular flexibility index (Phi) is 5.89. The molecule has 0 saturated heterocycles. The summed E-state index contributed by atoms with van der Waals surface area (Å²) in [5.74, 6) is 0.176. The number of methoxy groups -OCH3 is 1. The molecule has 6 nitrogen and oxygen atoms in total. The Hall–Kier alpha value is -2.89. The number of anilines is 1. The van der Waals surface area contributed by atoms with Crippen LogP contribution in [0.15, 0.2) is 42.5 Å². The van der Waals surface area contributed by atoms with E-state index in [-0.39, 0.29) is 18.0 Å². The maximum Gasteiger partial charge on any atom is 0.271 e. The number of rotatable bonds is 7.